The van der Waals surface area contributed by atoms with E-state index in [1.54, 1.807) is 18.2 Å². The second-order valence-corrected chi connectivity index (χ2v) is 8.01. The zero-order valence-electron chi connectivity index (χ0n) is 16.7. The lowest BCUT2D eigenvalue weighted by Gasteiger charge is -2.45. The first kappa shape index (κ1) is 19.6. The molecule has 0 saturated carbocycles. The Morgan fingerprint density at radius 2 is 2.20 bits per heavy atom. The van der Waals surface area contributed by atoms with Crippen LogP contribution in [0, 0.1) is 16.7 Å². The highest BCUT2D eigenvalue weighted by Gasteiger charge is 2.37. The molecule has 11 heteroatoms. The molecule has 3 N–H and O–H groups in total. The number of rotatable bonds is 4. The zero-order chi connectivity index (χ0) is 21.5. The van der Waals surface area contributed by atoms with Crippen LogP contribution in [0.3, 0.4) is 0 Å². The van der Waals surface area contributed by atoms with Crippen LogP contribution in [-0.2, 0) is 0 Å². The molecule has 2 radical (unpaired) electrons. The predicted octanol–water partition coefficient (Wildman–Crippen LogP) is 0.000680. The Hall–Kier alpha value is -3.68. The molecule has 3 aromatic rings. The van der Waals surface area contributed by atoms with E-state index in [9.17, 15) is 4.79 Å². The second kappa shape index (κ2) is 7.29. The summed E-state index contributed by atoms with van der Waals surface area (Å²) in [6, 6.07) is 7.10. The number of aromatic nitrogens is 5. The van der Waals surface area contributed by atoms with Gasteiger partial charge in [0, 0.05) is 36.3 Å². The van der Waals surface area contributed by atoms with E-state index in [1.165, 1.54) is 10.7 Å². The number of carbonyl (C=O) groups is 1. The van der Waals surface area contributed by atoms with Crippen LogP contribution in [0.25, 0.3) is 5.65 Å². The summed E-state index contributed by atoms with van der Waals surface area (Å²) >= 11 is 0. The molecule has 1 atom stereocenters. The SMILES string of the molecule is [B]c1cc2ncc(C(N)=O)c(N[C@@H]3CCN(c4ccc(C#N)nn4)CC3(C)C)n2n1. The largest absolute Gasteiger partial charge is 0.366 e. The zero-order valence-corrected chi connectivity index (χ0v) is 16.7. The highest BCUT2D eigenvalue weighted by atomic mass is 16.1. The molecule has 1 aliphatic heterocycles. The lowest BCUT2D eigenvalue weighted by Crippen LogP contribution is -2.52. The predicted molar refractivity (Wildman–Crippen MR) is 112 cm³/mol. The van der Waals surface area contributed by atoms with Gasteiger partial charge in [-0.1, -0.05) is 13.8 Å². The Morgan fingerprint density at radius 1 is 1.40 bits per heavy atom. The second-order valence-electron chi connectivity index (χ2n) is 8.01. The van der Waals surface area contributed by atoms with E-state index in [0.717, 1.165) is 18.8 Å². The van der Waals surface area contributed by atoms with Crippen molar-refractivity contribution in [3.05, 3.63) is 35.7 Å². The molecule has 150 valence electrons. The van der Waals surface area contributed by atoms with E-state index in [1.807, 2.05) is 6.07 Å². The monoisotopic (exact) mass is 401 g/mol. The van der Waals surface area contributed by atoms with Crippen LogP contribution in [0.5, 0.6) is 0 Å². The minimum absolute atomic E-state index is 0.0224. The average molecular weight is 401 g/mol. The molecule has 0 spiro atoms. The van der Waals surface area contributed by atoms with Crippen molar-refractivity contribution in [3.63, 3.8) is 0 Å². The minimum Gasteiger partial charge on any atom is -0.366 e. The van der Waals surface area contributed by atoms with Crippen LogP contribution < -0.4 is 21.5 Å². The summed E-state index contributed by atoms with van der Waals surface area (Å²) < 4.78 is 1.52. The normalized spacial score (nSPS) is 18.2. The summed E-state index contributed by atoms with van der Waals surface area (Å²) in [5, 5.41) is 24.7. The molecule has 1 saturated heterocycles. The van der Waals surface area contributed by atoms with Crippen molar-refractivity contribution in [1.82, 2.24) is 24.8 Å². The van der Waals surface area contributed by atoms with Gasteiger partial charge < -0.3 is 16.0 Å². The first-order valence-electron chi connectivity index (χ1n) is 9.48. The van der Waals surface area contributed by atoms with Crippen molar-refractivity contribution < 1.29 is 4.79 Å². The van der Waals surface area contributed by atoms with Crippen molar-refractivity contribution in [2.24, 2.45) is 11.1 Å². The molecule has 0 unspecified atom stereocenters. The number of fused-ring (bicyclic) bond motifs is 1. The highest BCUT2D eigenvalue weighted by molar-refractivity contribution is 6.31. The van der Waals surface area contributed by atoms with Crippen LogP contribution in [0.4, 0.5) is 11.6 Å². The molecular weight excluding hydrogens is 381 g/mol. The molecule has 0 aromatic carbocycles. The van der Waals surface area contributed by atoms with Crippen molar-refractivity contribution in [2.75, 3.05) is 23.3 Å². The molecule has 0 bridgehead atoms. The molecular formula is C19H20BN9O. The molecule has 1 aliphatic rings. The van der Waals surface area contributed by atoms with Gasteiger partial charge in [-0.2, -0.15) is 14.9 Å². The Balaban J connectivity index is 1.61. The van der Waals surface area contributed by atoms with Gasteiger partial charge in [0.15, 0.2) is 17.2 Å². The maximum atomic E-state index is 12.0. The van der Waals surface area contributed by atoms with Crippen LogP contribution in [-0.4, -0.2) is 57.7 Å². The van der Waals surface area contributed by atoms with Crippen molar-refractivity contribution >= 4 is 36.6 Å². The molecule has 1 fully saturated rings. The third-order valence-electron chi connectivity index (χ3n) is 5.40. The van der Waals surface area contributed by atoms with E-state index in [-0.39, 0.29) is 22.7 Å². The summed E-state index contributed by atoms with van der Waals surface area (Å²) in [7, 11) is 5.82. The third kappa shape index (κ3) is 3.52. The number of amides is 1. The first-order valence-corrected chi connectivity index (χ1v) is 9.48. The number of hydrogen-bond donors (Lipinski definition) is 2. The van der Waals surface area contributed by atoms with Gasteiger partial charge in [-0.25, -0.2) is 4.98 Å². The first-order chi connectivity index (χ1) is 14.3. The fourth-order valence-electron chi connectivity index (χ4n) is 3.81. The molecule has 30 heavy (non-hydrogen) atoms. The molecule has 1 amide bonds. The maximum absolute atomic E-state index is 12.0. The lowest BCUT2D eigenvalue weighted by molar-refractivity contribution is 0.1000. The van der Waals surface area contributed by atoms with Gasteiger partial charge in [0.1, 0.15) is 19.7 Å². The van der Waals surface area contributed by atoms with Crippen LogP contribution in [0.2, 0.25) is 0 Å². The minimum atomic E-state index is -0.593. The Labute approximate surface area is 174 Å². The maximum Gasteiger partial charge on any atom is 0.254 e. The fourth-order valence-corrected chi connectivity index (χ4v) is 3.81. The van der Waals surface area contributed by atoms with Gasteiger partial charge in [-0.3, -0.25) is 4.79 Å². The molecule has 10 nitrogen and oxygen atoms in total. The van der Waals surface area contributed by atoms with Crippen LogP contribution >= 0.6 is 0 Å². The molecule has 3 aromatic heterocycles. The number of hydrogen-bond acceptors (Lipinski definition) is 8. The smallest absolute Gasteiger partial charge is 0.254 e. The number of piperidine rings is 1. The summed E-state index contributed by atoms with van der Waals surface area (Å²) in [6.45, 7) is 5.69. The quantitative estimate of drug-likeness (QED) is 0.583. The Bertz CT molecular complexity index is 1150. The van der Waals surface area contributed by atoms with Crippen LogP contribution in [0.15, 0.2) is 24.4 Å². The van der Waals surface area contributed by atoms with E-state index >= 15 is 0 Å². The van der Waals surface area contributed by atoms with Gasteiger partial charge in [-0.05, 0) is 24.6 Å². The van der Waals surface area contributed by atoms with Gasteiger partial charge in [0.05, 0.1) is 5.56 Å². The summed E-state index contributed by atoms with van der Waals surface area (Å²) in [4.78, 5) is 18.3. The van der Waals surface area contributed by atoms with Gasteiger partial charge in [0.25, 0.3) is 5.91 Å². The van der Waals surface area contributed by atoms with Crippen molar-refractivity contribution in [2.45, 2.75) is 26.3 Å². The van der Waals surface area contributed by atoms with E-state index in [2.05, 4.69) is 44.3 Å². The third-order valence-corrected chi connectivity index (χ3v) is 5.40. The number of nitrogens with one attached hydrogen (secondary N) is 1. The van der Waals surface area contributed by atoms with E-state index < -0.39 is 5.91 Å². The number of anilines is 2. The van der Waals surface area contributed by atoms with Crippen molar-refractivity contribution in [1.29, 1.82) is 5.26 Å². The highest BCUT2D eigenvalue weighted by Crippen LogP contribution is 2.34. The van der Waals surface area contributed by atoms with Crippen LogP contribution in [0.1, 0.15) is 36.3 Å². The number of nitrogens with two attached hydrogens (primary N) is 1. The number of nitrogens with zero attached hydrogens (tertiary/aromatic N) is 7. The summed E-state index contributed by atoms with van der Waals surface area (Å²) in [6.07, 6.45) is 2.21. The Kier molecular flexibility index (Phi) is 4.77. The standard InChI is InChI=1S/C19H20BN9O/c1-19(2)10-28(15-4-3-11(8-21)25-26-15)6-5-13(19)24-18-12(17(22)30)9-23-16-7-14(20)27-29(16)18/h3-4,7,9,13,24H,5-6,10H2,1-2H3,(H2,22,30)/t13-/m1/s1. The molecule has 0 aliphatic carbocycles. The summed E-state index contributed by atoms with van der Waals surface area (Å²) in [5.41, 5.74) is 6.75. The lowest BCUT2D eigenvalue weighted by atomic mass is 9.79. The number of primary amides is 1. The van der Waals surface area contributed by atoms with Gasteiger partial charge in [-0.15, -0.1) is 10.2 Å². The molecule has 4 heterocycles. The van der Waals surface area contributed by atoms with E-state index in [4.69, 9.17) is 18.8 Å². The van der Waals surface area contributed by atoms with Gasteiger partial charge >= 0.3 is 0 Å². The van der Waals surface area contributed by atoms with E-state index in [0.29, 0.717) is 23.6 Å². The van der Waals surface area contributed by atoms with Crippen molar-refractivity contribution in [3.8, 4) is 6.07 Å². The Morgan fingerprint density at radius 3 is 2.83 bits per heavy atom. The topological polar surface area (TPSA) is 138 Å². The number of nitriles is 1. The molecule has 4 rings (SSSR count). The average Bonchev–Trinajstić information content (AvgIpc) is 3.09. The summed E-state index contributed by atoms with van der Waals surface area (Å²) in [5.74, 6) is 0.613. The van der Waals surface area contributed by atoms with Gasteiger partial charge in [0.2, 0.25) is 0 Å². The number of carbonyl (C=O) groups excluding carboxylic acids is 1. The fraction of sp³-hybridized carbons (Fsp3) is 0.368.